The van der Waals surface area contributed by atoms with Gasteiger partial charge < -0.3 is 20.1 Å². The lowest BCUT2D eigenvalue weighted by Crippen LogP contribution is -2.54. The molecule has 1 aliphatic carbocycles. The summed E-state index contributed by atoms with van der Waals surface area (Å²) in [5.74, 6) is 0.463. The summed E-state index contributed by atoms with van der Waals surface area (Å²) < 4.78 is 13.4. The molecule has 3 heterocycles. The number of hydrogen-bond donors (Lipinski definition) is 3. The smallest absolute Gasteiger partial charge is 0.346 e. The fourth-order valence-corrected chi connectivity index (χ4v) is 4.45. The number of nitrogens with zero attached hydrogens (tertiary/aromatic N) is 3. The number of halogens is 1. The van der Waals surface area contributed by atoms with Crippen LogP contribution in [0.3, 0.4) is 0 Å². The predicted octanol–water partition coefficient (Wildman–Crippen LogP) is 2.73. The molecule has 31 heavy (non-hydrogen) atoms. The first-order valence-corrected chi connectivity index (χ1v) is 10.7. The molecule has 9 heteroatoms. The molecule has 1 saturated carbocycles. The summed E-state index contributed by atoms with van der Waals surface area (Å²) in [4.78, 5) is 38.5. The van der Waals surface area contributed by atoms with Crippen molar-refractivity contribution in [1.82, 2.24) is 25.2 Å². The quantitative estimate of drug-likeness (QED) is 0.587. The van der Waals surface area contributed by atoms with E-state index in [0.29, 0.717) is 13.1 Å². The topological polar surface area (TPSA) is 97.1 Å². The molecule has 3 N–H and O–H groups in total. The molecule has 1 atom stereocenters. The summed E-state index contributed by atoms with van der Waals surface area (Å²) >= 11 is 0. The summed E-state index contributed by atoms with van der Waals surface area (Å²) in [6.45, 7) is 1.87. The number of carbonyl (C=O) groups excluding carboxylic acids is 1. The van der Waals surface area contributed by atoms with Crippen molar-refractivity contribution >= 4 is 22.8 Å². The van der Waals surface area contributed by atoms with E-state index in [1.54, 1.807) is 12.1 Å². The number of fused-ring (bicyclic) bond motifs is 1. The third-order valence-electron chi connectivity index (χ3n) is 6.03. The summed E-state index contributed by atoms with van der Waals surface area (Å²) in [5, 5.41) is 3.82. The Balaban J connectivity index is 1.27. The molecular weight excluding hydrogens is 399 g/mol. The first kappa shape index (κ1) is 19.6. The molecule has 1 aliphatic heterocycles. The summed E-state index contributed by atoms with van der Waals surface area (Å²) in [7, 11) is 0. The Labute approximate surface area is 178 Å². The highest BCUT2D eigenvalue weighted by molar-refractivity contribution is 5.81. The highest BCUT2D eigenvalue weighted by Crippen LogP contribution is 2.32. The molecule has 0 spiro atoms. The number of hydrogen-bond acceptors (Lipinski definition) is 4. The van der Waals surface area contributed by atoms with Crippen LogP contribution >= 0.6 is 0 Å². The molecule has 0 radical (unpaired) electrons. The molecular formula is C22H25FN6O2. The van der Waals surface area contributed by atoms with E-state index in [0.717, 1.165) is 54.6 Å². The minimum Gasteiger partial charge on any atom is -0.357 e. The minimum atomic E-state index is -0.366. The molecule has 8 nitrogen and oxygen atoms in total. The third-order valence-corrected chi connectivity index (χ3v) is 6.03. The number of urea groups is 1. The lowest BCUT2D eigenvalue weighted by molar-refractivity contribution is 0.160. The largest absolute Gasteiger partial charge is 0.357 e. The van der Waals surface area contributed by atoms with Gasteiger partial charge in [0.2, 0.25) is 0 Å². The van der Waals surface area contributed by atoms with Gasteiger partial charge in [-0.3, -0.25) is 4.98 Å². The van der Waals surface area contributed by atoms with Gasteiger partial charge in [0, 0.05) is 41.9 Å². The van der Waals surface area contributed by atoms with Crippen LogP contribution in [0.25, 0.3) is 10.9 Å². The molecule has 2 aliphatic rings. The van der Waals surface area contributed by atoms with Gasteiger partial charge >= 0.3 is 11.7 Å². The molecule has 2 fully saturated rings. The Morgan fingerprint density at radius 3 is 2.87 bits per heavy atom. The molecule has 1 aromatic carbocycles. The summed E-state index contributed by atoms with van der Waals surface area (Å²) in [5.41, 5.74) is 1.32. The monoisotopic (exact) mass is 424 g/mol. The Hall–Kier alpha value is -3.36. The molecule has 2 aromatic heterocycles. The van der Waals surface area contributed by atoms with E-state index in [1.807, 2.05) is 11.0 Å². The van der Waals surface area contributed by atoms with Crippen LogP contribution in [0.15, 0.2) is 41.3 Å². The van der Waals surface area contributed by atoms with Crippen LogP contribution in [0.4, 0.5) is 15.0 Å². The number of piperidine rings is 1. The van der Waals surface area contributed by atoms with E-state index in [-0.39, 0.29) is 29.6 Å². The van der Waals surface area contributed by atoms with Crippen molar-refractivity contribution in [2.24, 2.45) is 0 Å². The van der Waals surface area contributed by atoms with E-state index in [4.69, 9.17) is 0 Å². The van der Waals surface area contributed by atoms with Crippen LogP contribution in [0.2, 0.25) is 0 Å². The third kappa shape index (κ3) is 4.26. The van der Waals surface area contributed by atoms with Gasteiger partial charge in [-0.15, -0.1) is 0 Å². The molecule has 0 unspecified atom stereocenters. The van der Waals surface area contributed by atoms with Gasteiger partial charge in [0.25, 0.3) is 0 Å². The van der Waals surface area contributed by atoms with Crippen molar-refractivity contribution in [3.8, 4) is 0 Å². The highest BCUT2D eigenvalue weighted by atomic mass is 19.1. The Kier molecular flexibility index (Phi) is 5.09. The van der Waals surface area contributed by atoms with E-state index in [2.05, 4.69) is 25.2 Å². The number of amides is 2. The van der Waals surface area contributed by atoms with E-state index in [1.165, 1.54) is 18.3 Å². The lowest BCUT2D eigenvalue weighted by Gasteiger charge is -2.40. The zero-order valence-electron chi connectivity index (χ0n) is 17.1. The van der Waals surface area contributed by atoms with Crippen LogP contribution < -0.4 is 15.9 Å². The van der Waals surface area contributed by atoms with Crippen LogP contribution in [0, 0.1) is 5.82 Å². The number of carbonyl (C=O) groups is 1. The molecule has 5 rings (SSSR count). The first-order chi connectivity index (χ1) is 15.1. The Morgan fingerprint density at radius 2 is 2.06 bits per heavy atom. The predicted molar refractivity (Wildman–Crippen MR) is 115 cm³/mol. The van der Waals surface area contributed by atoms with Gasteiger partial charge in [0.15, 0.2) is 0 Å². The van der Waals surface area contributed by atoms with Crippen LogP contribution in [0.5, 0.6) is 0 Å². The van der Waals surface area contributed by atoms with Crippen LogP contribution in [-0.2, 0) is 6.54 Å². The normalized spacial score (nSPS) is 18.9. The number of rotatable bonds is 5. The van der Waals surface area contributed by atoms with Gasteiger partial charge in [-0.25, -0.2) is 19.0 Å². The number of aromatic nitrogens is 3. The van der Waals surface area contributed by atoms with E-state index >= 15 is 0 Å². The average molecular weight is 424 g/mol. The minimum absolute atomic E-state index is 0.0785. The second-order valence-corrected chi connectivity index (χ2v) is 8.33. The molecule has 162 valence electrons. The van der Waals surface area contributed by atoms with Crippen LogP contribution in [0.1, 0.15) is 31.4 Å². The van der Waals surface area contributed by atoms with Crippen molar-refractivity contribution < 1.29 is 9.18 Å². The second kappa shape index (κ2) is 8.05. The van der Waals surface area contributed by atoms with Crippen molar-refractivity contribution in [2.45, 2.75) is 44.3 Å². The number of anilines is 1. The van der Waals surface area contributed by atoms with Crippen molar-refractivity contribution in [3.63, 3.8) is 0 Å². The van der Waals surface area contributed by atoms with E-state index < -0.39 is 0 Å². The van der Waals surface area contributed by atoms with Gasteiger partial charge in [0.05, 0.1) is 12.6 Å². The maximum Gasteiger partial charge on any atom is 0.346 e. The standard InChI is InChI=1S/C22H25FN6O2/c23-15-3-6-19-14(10-15)11-16(26-19)12-25-22(31)29(17-4-5-17)18-2-1-9-28(13-18)20-7-8-24-21(30)27-20/h3,6-8,10-11,17-18,26H,1-2,4-5,9,12-13H2,(H,25,31)(H,24,27,30)/t18-/m1/s1. The molecule has 0 bridgehead atoms. The Morgan fingerprint density at radius 1 is 1.19 bits per heavy atom. The molecule has 1 saturated heterocycles. The summed E-state index contributed by atoms with van der Waals surface area (Å²) in [6.07, 6.45) is 5.42. The molecule has 2 amide bonds. The number of aromatic amines is 2. The summed E-state index contributed by atoms with van der Waals surface area (Å²) in [6, 6.07) is 8.52. The lowest BCUT2D eigenvalue weighted by atomic mass is 10.0. The SMILES string of the molecule is O=C(NCc1cc2cc(F)ccc2[nH]1)N(C1CC1)[C@@H]1CCCN(c2ccnc(=O)[nH]2)C1. The maximum absolute atomic E-state index is 13.4. The average Bonchev–Trinajstić information content (AvgIpc) is 3.51. The maximum atomic E-state index is 13.4. The van der Waals surface area contributed by atoms with Crippen molar-refractivity contribution in [2.75, 3.05) is 18.0 Å². The number of H-pyrrole nitrogens is 2. The fourth-order valence-electron chi connectivity index (χ4n) is 4.45. The second-order valence-electron chi connectivity index (χ2n) is 8.33. The van der Waals surface area contributed by atoms with Gasteiger partial charge in [0.1, 0.15) is 11.6 Å². The van der Waals surface area contributed by atoms with Gasteiger partial charge in [-0.1, -0.05) is 0 Å². The van der Waals surface area contributed by atoms with Crippen molar-refractivity contribution in [1.29, 1.82) is 0 Å². The Bertz CT molecular complexity index is 1150. The molecule has 3 aromatic rings. The van der Waals surface area contributed by atoms with Crippen molar-refractivity contribution in [3.05, 3.63) is 58.5 Å². The highest BCUT2D eigenvalue weighted by Gasteiger charge is 2.39. The van der Waals surface area contributed by atoms with Crippen LogP contribution in [-0.4, -0.2) is 51.1 Å². The fraction of sp³-hybridized carbons (Fsp3) is 0.409. The zero-order chi connectivity index (χ0) is 21.4. The first-order valence-electron chi connectivity index (χ1n) is 10.7. The van der Waals surface area contributed by atoms with Gasteiger partial charge in [-0.2, -0.15) is 0 Å². The zero-order valence-corrected chi connectivity index (χ0v) is 17.1. The van der Waals surface area contributed by atoms with E-state index in [9.17, 15) is 14.0 Å². The van der Waals surface area contributed by atoms with Gasteiger partial charge in [-0.05, 0) is 56.0 Å². The number of nitrogens with one attached hydrogen (secondary N) is 3. The number of benzene rings is 1.